The number of benzene rings is 1. The van der Waals surface area contributed by atoms with E-state index in [0.29, 0.717) is 11.3 Å². The van der Waals surface area contributed by atoms with Crippen molar-refractivity contribution in [2.45, 2.75) is 16.8 Å². The Labute approximate surface area is 103 Å². The second kappa shape index (κ2) is 4.63. The molecule has 0 atom stereocenters. The summed E-state index contributed by atoms with van der Waals surface area (Å²) in [4.78, 5) is 11.9. The Morgan fingerprint density at radius 2 is 2.24 bits per heavy atom. The minimum atomic E-state index is 0.210. The van der Waals surface area contributed by atoms with Crippen molar-refractivity contribution in [3.05, 3.63) is 35.5 Å². The lowest BCUT2D eigenvalue weighted by atomic mass is 10.3. The van der Waals surface area contributed by atoms with Crippen LogP contribution in [-0.2, 0) is 7.05 Å². The number of hydrogen-bond donors (Lipinski definition) is 1. The number of aromatic hydroxyl groups is 1. The van der Waals surface area contributed by atoms with Gasteiger partial charge >= 0.3 is 0 Å². The van der Waals surface area contributed by atoms with Crippen molar-refractivity contribution in [3.63, 3.8) is 0 Å². The summed E-state index contributed by atoms with van der Waals surface area (Å²) < 4.78 is 1.67. The van der Waals surface area contributed by atoms with E-state index >= 15 is 0 Å². The number of carbonyl (C=O) groups excluding carboxylic acids is 1. The smallest absolute Gasteiger partial charge is 0.154 e. The number of phenolic OH excluding ortho intramolecular Hbond substituents is 1. The van der Waals surface area contributed by atoms with Crippen LogP contribution in [-0.4, -0.2) is 21.2 Å². The average molecular weight is 248 g/mol. The van der Waals surface area contributed by atoms with Gasteiger partial charge in [0.15, 0.2) is 6.29 Å². The molecule has 0 aliphatic carbocycles. The molecule has 0 radical (unpaired) electrons. The lowest BCUT2D eigenvalue weighted by Gasteiger charge is -2.03. The van der Waals surface area contributed by atoms with Crippen LogP contribution < -0.4 is 0 Å². The second-order valence-electron chi connectivity index (χ2n) is 3.65. The van der Waals surface area contributed by atoms with Gasteiger partial charge in [-0.25, -0.2) is 0 Å². The predicted octanol–water partition coefficient (Wildman–Crippen LogP) is 2.40. The summed E-state index contributed by atoms with van der Waals surface area (Å²) in [5, 5.41) is 14.4. The first-order chi connectivity index (χ1) is 8.11. The van der Waals surface area contributed by atoms with Crippen LogP contribution in [0.5, 0.6) is 5.75 Å². The summed E-state index contributed by atoms with van der Waals surface area (Å²) in [6.45, 7) is 1.80. The van der Waals surface area contributed by atoms with E-state index in [-0.39, 0.29) is 5.75 Å². The number of hydrogen-bond acceptors (Lipinski definition) is 4. The molecule has 0 saturated heterocycles. The van der Waals surface area contributed by atoms with Gasteiger partial charge in [-0.15, -0.1) is 0 Å². The third-order valence-electron chi connectivity index (χ3n) is 2.36. The van der Waals surface area contributed by atoms with Crippen molar-refractivity contribution in [2.24, 2.45) is 7.05 Å². The molecule has 1 aromatic heterocycles. The molecule has 1 N–H and O–H groups in total. The Morgan fingerprint density at radius 1 is 1.47 bits per heavy atom. The summed E-state index contributed by atoms with van der Waals surface area (Å²) in [5.41, 5.74) is 1.31. The number of aryl methyl sites for hydroxylation is 2. The lowest BCUT2D eigenvalue weighted by Crippen LogP contribution is -1.93. The van der Waals surface area contributed by atoms with Gasteiger partial charge in [0.1, 0.15) is 10.8 Å². The average Bonchev–Trinajstić information content (AvgIpc) is 2.53. The van der Waals surface area contributed by atoms with Crippen LogP contribution in [0.1, 0.15) is 16.1 Å². The molecule has 0 fully saturated rings. The van der Waals surface area contributed by atoms with Gasteiger partial charge in [-0.05, 0) is 25.1 Å². The number of aldehydes is 1. The molecule has 1 heterocycles. The van der Waals surface area contributed by atoms with E-state index in [9.17, 15) is 9.90 Å². The van der Waals surface area contributed by atoms with Crippen molar-refractivity contribution < 1.29 is 9.90 Å². The predicted molar refractivity (Wildman–Crippen MR) is 65.6 cm³/mol. The molecule has 4 nitrogen and oxygen atoms in total. The second-order valence-corrected chi connectivity index (χ2v) is 4.71. The third kappa shape index (κ3) is 2.34. The molecule has 17 heavy (non-hydrogen) atoms. The van der Waals surface area contributed by atoms with E-state index in [1.54, 1.807) is 36.9 Å². The number of aromatic nitrogens is 2. The number of rotatable bonds is 3. The standard InChI is InChI=1S/C12H12N2O2S/c1-8-11(7-15)12(14(2)13-8)17-10-5-3-4-9(16)6-10/h3-7,16H,1-2H3. The minimum Gasteiger partial charge on any atom is -0.508 e. The van der Waals surface area contributed by atoms with Crippen LogP contribution in [0.3, 0.4) is 0 Å². The van der Waals surface area contributed by atoms with E-state index in [1.165, 1.54) is 11.8 Å². The monoisotopic (exact) mass is 248 g/mol. The minimum absolute atomic E-state index is 0.210. The van der Waals surface area contributed by atoms with Crippen molar-refractivity contribution in [1.82, 2.24) is 9.78 Å². The van der Waals surface area contributed by atoms with Crippen LogP contribution >= 0.6 is 11.8 Å². The summed E-state index contributed by atoms with van der Waals surface area (Å²) in [5.74, 6) is 0.210. The summed E-state index contributed by atoms with van der Waals surface area (Å²) in [6.07, 6.45) is 0.813. The molecule has 0 saturated carbocycles. The van der Waals surface area contributed by atoms with E-state index in [1.807, 2.05) is 6.07 Å². The number of nitrogens with zero attached hydrogens (tertiary/aromatic N) is 2. The summed E-state index contributed by atoms with van der Waals surface area (Å²) in [6, 6.07) is 6.91. The molecule has 0 bridgehead atoms. The van der Waals surface area contributed by atoms with Crippen LogP contribution in [0.15, 0.2) is 34.2 Å². The molecular formula is C12H12N2O2S. The fraction of sp³-hybridized carbons (Fsp3) is 0.167. The van der Waals surface area contributed by atoms with E-state index in [4.69, 9.17) is 0 Å². The highest BCUT2D eigenvalue weighted by Gasteiger charge is 2.13. The van der Waals surface area contributed by atoms with E-state index in [2.05, 4.69) is 5.10 Å². The molecule has 5 heteroatoms. The van der Waals surface area contributed by atoms with E-state index in [0.717, 1.165) is 16.2 Å². The molecule has 1 aromatic carbocycles. The Bertz CT molecular complexity index is 564. The van der Waals surface area contributed by atoms with Gasteiger partial charge in [0.25, 0.3) is 0 Å². The Balaban J connectivity index is 2.39. The first-order valence-corrected chi connectivity index (χ1v) is 5.89. The first kappa shape index (κ1) is 11.7. The van der Waals surface area contributed by atoms with E-state index < -0.39 is 0 Å². The van der Waals surface area contributed by atoms with Gasteiger partial charge < -0.3 is 5.11 Å². The van der Waals surface area contributed by atoms with Gasteiger partial charge in [0.05, 0.1) is 11.3 Å². The Hall–Kier alpha value is -1.75. The highest BCUT2D eigenvalue weighted by atomic mass is 32.2. The SMILES string of the molecule is Cc1nn(C)c(Sc2cccc(O)c2)c1C=O. The van der Waals surface area contributed by atoms with Crippen LogP contribution in [0.4, 0.5) is 0 Å². The van der Waals surface area contributed by atoms with Crippen molar-refractivity contribution in [2.75, 3.05) is 0 Å². The third-order valence-corrected chi connectivity index (χ3v) is 3.53. The van der Waals surface area contributed by atoms with Gasteiger partial charge in [-0.3, -0.25) is 9.48 Å². The fourth-order valence-electron chi connectivity index (χ4n) is 1.57. The molecule has 88 valence electrons. The van der Waals surface area contributed by atoms with Crippen LogP contribution in [0, 0.1) is 6.92 Å². The van der Waals surface area contributed by atoms with Gasteiger partial charge in [-0.2, -0.15) is 5.10 Å². The van der Waals surface area contributed by atoms with Gasteiger partial charge in [0, 0.05) is 11.9 Å². The zero-order valence-electron chi connectivity index (χ0n) is 9.54. The molecule has 0 spiro atoms. The van der Waals surface area contributed by atoms with Crippen molar-refractivity contribution in [3.8, 4) is 5.75 Å². The molecule has 2 rings (SSSR count). The molecule has 0 unspecified atom stereocenters. The van der Waals surface area contributed by atoms with Crippen LogP contribution in [0.2, 0.25) is 0 Å². The van der Waals surface area contributed by atoms with Crippen molar-refractivity contribution >= 4 is 18.0 Å². The maximum Gasteiger partial charge on any atom is 0.154 e. The zero-order chi connectivity index (χ0) is 12.4. The quantitative estimate of drug-likeness (QED) is 0.847. The Kier molecular flexibility index (Phi) is 3.19. The number of phenols is 1. The van der Waals surface area contributed by atoms with Gasteiger partial charge in [-0.1, -0.05) is 17.8 Å². The molecular weight excluding hydrogens is 236 g/mol. The number of carbonyl (C=O) groups is 1. The molecule has 2 aromatic rings. The molecule has 0 aliphatic heterocycles. The summed E-state index contributed by atoms with van der Waals surface area (Å²) >= 11 is 1.41. The fourth-order valence-corrected chi connectivity index (χ4v) is 2.60. The van der Waals surface area contributed by atoms with Crippen molar-refractivity contribution in [1.29, 1.82) is 0 Å². The maximum atomic E-state index is 11.0. The highest BCUT2D eigenvalue weighted by Crippen LogP contribution is 2.32. The zero-order valence-corrected chi connectivity index (χ0v) is 10.4. The largest absolute Gasteiger partial charge is 0.508 e. The van der Waals surface area contributed by atoms with Gasteiger partial charge in [0.2, 0.25) is 0 Å². The first-order valence-electron chi connectivity index (χ1n) is 5.07. The lowest BCUT2D eigenvalue weighted by molar-refractivity contribution is 0.112. The normalized spacial score (nSPS) is 10.5. The molecule has 0 amide bonds. The van der Waals surface area contributed by atoms with Crippen LogP contribution in [0.25, 0.3) is 0 Å². The highest BCUT2D eigenvalue weighted by molar-refractivity contribution is 7.99. The maximum absolute atomic E-state index is 11.0. The summed E-state index contributed by atoms with van der Waals surface area (Å²) in [7, 11) is 1.80. The molecule has 0 aliphatic rings. The topological polar surface area (TPSA) is 55.1 Å². The Morgan fingerprint density at radius 3 is 2.88 bits per heavy atom.